The SMILES string of the molecule is O=C(Cc1ccc(Cl)c(Cl)c1)NCc1ccc(C(=O)N2CCCC2)cc1. The minimum absolute atomic E-state index is 0.0812. The third-order valence-electron chi connectivity index (χ3n) is 4.43. The summed E-state index contributed by atoms with van der Waals surface area (Å²) in [6.07, 6.45) is 2.39. The van der Waals surface area contributed by atoms with E-state index in [1.807, 2.05) is 29.2 Å². The Morgan fingerprint density at radius 2 is 1.58 bits per heavy atom. The predicted molar refractivity (Wildman–Crippen MR) is 104 cm³/mol. The second kappa shape index (κ2) is 8.56. The van der Waals surface area contributed by atoms with Gasteiger partial charge in [-0.1, -0.05) is 41.4 Å². The maximum absolute atomic E-state index is 12.3. The maximum atomic E-state index is 12.3. The molecule has 2 aromatic carbocycles. The summed E-state index contributed by atoms with van der Waals surface area (Å²) < 4.78 is 0. The van der Waals surface area contributed by atoms with Gasteiger partial charge in [0.1, 0.15) is 0 Å². The van der Waals surface area contributed by atoms with Gasteiger partial charge in [0.05, 0.1) is 16.5 Å². The van der Waals surface area contributed by atoms with Gasteiger partial charge in [0, 0.05) is 25.2 Å². The number of rotatable bonds is 5. The van der Waals surface area contributed by atoms with Crippen LogP contribution in [0.25, 0.3) is 0 Å². The summed E-state index contributed by atoms with van der Waals surface area (Å²) in [5.41, 5.74) is 2.45. The third kappa shape index (κ3) is 4.77. The molecule has 2 amide bonds. The summed E-state index contributed by atoms with van der Waals surface area (Å²) in [5.74, 6) is -0.0155. The van der Waals surface area contributed by atoms with Crippen molar-refractivity contribution in [3.8, 4) is 0 Å². The first kappa shape index (κ1) is 18.7. The van der Waals surface area contributed by atoms with Gasteiger partial charge < -0.3 is 10.2 Å². The molecule has 2 aromatic rings. The first-order valence-electron chi connectivity index (χ1n) is 8.62. The number of likely N-dealkylation sites (tertiary alicyclic amines) is 1. The Morgan fingerprint density at radius 1 is 0.923 bits per heavy atom. The average Bonchev–Trinajstić information content (AvgIpc) is 3.18. The second-order valence-corrected chi connectivity index (χ2v) is 7.21. The van der Waals surface area contributed by atoms with Crippen molar-refractivity contribution in [3.63, 3.8) is 0 Å². The van der Waals surface area contributed by atoms with Crippen molar-refractivity contribution in [3.05, 3.63) is 69.2 Å². The van der Waals surface area contributed by atoms with E-state index in [0.29, 0.717) is 22.2 Å². The number of amides is 2. The van der Waals surface area contributed by atoms with E-state index in [2.05, 4.69) is 5.32 Å². The van der Waals surface area contributed by atoms with Gasteiger partial charge in [-0.25, -0.2) is 0 Å². The van der Waals surface area contributed by atoms with Crippen molar-refractivity contribution in [1.29, 1.82) is 0 Å². The van der Waals surface area contributed by atoms with Crippen LogP contribution in [0, 0.1) is 0 Å². The van der Waals surface area contributed by atoms with Crippen LogP contribution < -0.4 is 5.32 Å². The van der Waals surface area contributed by atoms with Crippen LogP contribution in [0.4, 0.5) is 0 Å². The van der Waals surface area contributed by atoms with Crippen LogP contribution in [0.1, 0.15) is 34.3 Å². The van der Waals surface area contributed by atoms with Gasteiger partial charge >= 0.3 is 0 Å². The molecule has 0 atom stereocenters. The fourth-order valence-electron chi connectivity index (χ4n) is 2.97. The molecule has 1 N–H and O–H groups in total. The zero-order valence-corrected chi connectivity index (χ0v) is 15.8. The van der Waals surface area contributed by atoms with E-state index in [9.17, 15) is 9.59 Å². The molecule has 1 aliphatic rings. The summed E-state index contributed by atoms with van der Waals surface area (Å²) in [6.45, 7) is 2.09. The molecule has 0 aromatic heterocycles. The molecule has 0 unspecified atom stereocenters. The molecule has 1 heterocycles. The summed E-state index contributed by atoms with van der Waals surface area (Å²) in [6, 6.07) is 12.6. The fraction of sp³-hybridized carbons (Fsp3) is 0.300. The fourth-order valence-corrected chi connectivity index (χ4v) is 3.29. The first-order chi connectivity index (χ1) is 12.5. The molecule has 4 nitrogen and oxygen atoms in total. The van der Waals surface area contributed by atoms with Crippen LogP contribution in [0.3, 0.4) is 0 Å². The highest BCUT2D eigenvalue weighted by molar-refractivity contribution is 6.42. The quantitative estimate of drug-likeness (QED) is 0.835. The van der Waals surface area contributed by atoms with Crippen molar-refractivity contribution in [2.45, 2.75) is 25.8 Å². The number of hydrogen-bond acceptors (Lipinski definition) is 2. The molecule has 0 radical (unpaired) electrons. The Labute approximate surface area is 163 Å². The first-order valence-corrected chi connectivity index (χ1v) is 9.37. The van der Waals surface area contributed by atoms with Gasteiger partial charge in [0.15, 0.2) is 0 Å². The molecule has 6 heteroatoms. The number of nitrogens with zero attached hydrogens (tertiary/aromatic N) is 1. The Bertz CT molecular complexity index is 800. The number of nitrogens with one attached hydrogen (secondary N) is 1. The molecule has 1 aliphatic heterocycles. The van der Waals surface area contributed by atoms with Crippen LogP contribution in [0.5, 0.6) is 0 Å². The molecule has 3 rings (SSSR count). The van der Waals surface area contributed by atoms with Gasteiger partial charge in [-0.05, 0) is 48.2 Å². The van der Waals surface area contributed by atoms with Crippen molar-refractivity contribution < 1.29 is 9.59 Å². The summed E-state index contributed by atoms with van der Waals surface area (Å²) in [5, 5.41) is 3.79. The summed E-state index contributed by atoms with van der Waals surface area (Å²) in [7, 11) is 0. The van der Waals surface area contributed by atoms with E-state index >= 15 is 0 Å². The number of carbonyl (C=O) groups excluding carboxylic acids is 2. The zero-order valence-electron chi connectivity index (χ0n) is 14.3. The van der Waals surface area contributed by atoms with Crippen LogP contribution in [0.2, 0.25) is 10.0 Å². The van der Waals surface area contributed by atoms with Gasteiger partial charge in [0.25, 0.3) is 5.91 Å². The van der Waals surface area contributed by atoms with Crippen molar-refractivity contribution in [2.24, 2.45) is 0 Å². The van der Waals surface area contributed by atoms with E-state index in [1.165, 1.54) is 0 Å². The molecule has 0 bridgehead atoms. The highest BCUT2D eigenvalue weighted by atomic mass is 35.5. The van der Waals surface area contributed by atoms with Gasteiger partial charge in [-0.15, -0.1) is 0 Å². The molecule has 0 saturated carbocycles. The third-order valence-corrected chi connectivity index (χ3v) is 5.17. The standard InChI is InChI=1S/C20H20Cl2N2O2/c21-17-8-5-15(11-18(17)22)12-19(25)23-13-14-3-6-16(7-4-14)20(26)24-9-1-2-10-24/h3-8,11H,1-2,9-10,12-13H2,(H,23,25). The molecule has 1 fully saturated rings. The van der Waals surface area contributed by atoms with E-state index in [1.54, 1.807) is 18.2 Å². The summed E-state index contributed by atoms with van der Waals surface area (Å²) >= 11 is 11.8. The Morgan fingerprint density at radius 3 is 2.23 bits per heavy atom. The molecular weight excluding hydrogens is 371 g/mol. The van der Waals surface area contributed by atoms with Crippen LogP contribution >= 0.6 is 23.2 Å². The van der Waals surface area contributed by atoms with Crippen molar-refractivity contribution >= 4 is 35.0 Å². The van der Waals surface area contributed by atoms with Crippen molar-refractivity contribution in [2.75, 3.05) is 13.1 Å². The Kier molecular flexibility index (Phi) is 6.17. The number of carbonyl (C=O) groups is 2. The number of hydrogen-bond donors (Lipinski definition) is 1. The van der Waals surface area contributed by atoms with Crippen molar-refractivity contribution in [1.82, 2.24) is 10.2 Å². The highest BCUT2D eigenvalue weighted by Gasteiger charge is 2.19. The zero-order chi connectivity index (χ0) is 18.5. The van der Waals surface area contributed by atoms with E-state index in [-0.39, 0.29) is 18.2 Å². The Balaban J connectivity index is 1.51. The smallest absolute Gasteiger partial charge is 0.253 e. The lowest BCUT2D eigenvalue weighted by Gasteiger charge is -2.15. The van der Waals surface area contributed by atoms with Crippen LogP contribution in [-0.2, 0) is 17.8 Å². The Hall–Kier alpha value is -2.04. The average molecular weight is 391 g/mol. The molecular formula is C20H20Cl2N2O2. The van der Waals surface area contributed by atoms with Gasteiger partial charge in [-0.3, -0.25) is 9.59 Å². The van der Waals surface area contributed by atoms with E-state index < -0.39 is 0 Å². The van der Waals surface area contributed by atoms with E-state index in [0.717, 1.165) is 37.1 Å². The van der Waals surface area contributed by atoms with Crippen LogP contribution in [0.15, 0.2) is 42.5 Å². The lowest BCUT2D eigenvalue weighted by molar-refractivity contribution is -0.120. The highest BCUT2D eigenvalue weighted by Crippen LogP contribution is 2.22. The maximum Gasteiger partial charge on any atom is 0.253 e. The van der Waals surface area contributed by atoms with Crippen LogP contribution in [-0.4, -0.2) is 29.8 Å². The lowest BCUT2D eigenvalue weighted by atomic mass is 10.1. The molecule has 0 spiro atoms. The minimum atomic E-state index is -0.0967. The topological polar surface area (TPSA) is 49.4 Å². The summed E-state index contributed by atoms with van der Waals surface area (Å²) in [4.78, 5) is 26.3. The monoisotopic (exact) mass is 390 g/mol. The molecule has 1 saturated heterocycles. The van der Waals surface area contributed by atoms with Gasteiger partial charge in [0.2, 0.25) is 5.91 Å². The number of halogens is 2. The largest absolute Gasteiger partial charge is 0.352 e. The van der Waals surface area contributed by atoms with Gasteiger partial charge in [-0.2, -0.15) is 0 Å². The predicted octanol–water partition coefficient (Wildman–Crippen LogP) is 4.09. The lowest BCUT2D eigenvalue weighted by Crippen LogP contribution is -2.27. The minimum Gasteiger partial charge on any atom is -0.352 e. The molecule has 0 aliphatic carbocycles. The normalized spacial score (nSPS) is 13.7. The molecule has 26 heavy (non-hydrogen) atoms. The number of benzene rings is 2. The van der Waals surface area contributed by atoms with E-state index in [4.69, 9.17) is 23.2 Å². The second-order valence-electron chi connectivity index (χ2n) is 6.40. The molecule has 136 valence electrons.